The van der Waals surface area contributed by atoms with E-state index in [9.17, 15) is 9.90 Å². The SMILES string of the molecule is O=C(O)c1cccc(-c2nc[nH]c2-c2ccccc2OCc2ccccc2)c1. The lowest BCUT2D eigenvalue weighted by atomic mass is 10.0. The third-order valence-corrected chi connectivity index (χ3v) is 4.42. The number of ether oxygens (including phenoxy) is 1. The fourth-order valence-corrected chi connectivity index (χ4v) is 3.05. The van der Waals surface area contributed by atoms with Crippen molar-refractivity contribution in [1.29, 1.82) is 0 Å². The summed E-state index contributed by atoms with van der Waals surface area (Å²) in [7, 11) is 0. The van der Waals surface area contributed by atoms with Crippen LogP contribution in [0.25, 0.3) is 22.5 Å². The second kappa shape index (κ2) is 7.80. The fraction of sp³-hybridized carbons (Fsp3) is 0.0435. The molecule has 0 bridgehead atoms. The molecule has 4 rings (SSSR count). The summed E-state index contributed by atoms with van der Waals surface area (Å²) in [6.45, 7) is 0.454. The van der Waals surface area contributed by atoms with Gasteiger partial charge in [-0.15, -0.1) is 0 Å². The summed E-state index contributed by atoms with van der Waals surface area (Å²) in [5.41, 5.74) is 4.36. The van der Waals surface area contributed by atoms with Gasteiger partial charge in [-0.2, -0.15) is 0 Å². The van der Waals surface area contributed by atoms with Gasteiger partial charge in [0.25, 0.3) is 0 Å². The number of H-pyrrole nitrogens is 1. The molecule has 0 amide bonds. The van der Waals surface area contributed by atoms with Crippen LogP contribution < -0.4 is 4.74 Å². The Morgan fingerprint density at radius 1 is 0.964 bits per heavy atom. The van der Waals surface area contributed by atoms with Crippen molar-refractivity contribution in [3.63, 3.8) is 0 Å². The van der Waals surface area contributed by atoms with Crippen molar-refractivity contribution in [2.45, 2.75) is 6.61 Å². The van der Waals surface area contributed by atoms with E-state index >= 15 is 0 Å². The average Bonchev–Trinajstić information content (AvgIpc) is 3.23. The van der Waals surface area contributed by atoms with E-state index in [4.69, 9.17) is 4.74 Å². The Kier molecular flexibility index (Phi) is 4.89. The highest BCUT2D eigenvalue weighted by atomic mass is 16.5. The molecule has 5 heteroatoms. The number of hydrogen-bond donors (Lipinski definition) is 2. The first-order valence-corrected chi connectivity index (χ1v) is 8.85. The van der Waals surface area contributed by atoms with Crippen molar-refractivity contribution >= 4 is 5.97 Å². The number of para-hydroxylation sites is 1. The van der Waals surface area contributed by atoms with Gasteiger partial charge in [-0.1, -0.05) is 54.6 Å². The average molecular weight is 370 g/mol. The predicted molar refractivity (Wildman–Crippen MR) is 107 cm³/mol. The van der Waals surface area contributed by atoms with Crippen molar-refractivity contribution < 1.29 is 14.6 Å². The van der Waals surface area contributed by atoms with Crippen LogP contribution in [0.1, 0.15) is 15.9 Å². The number of carboxylic acid groups (broad SMARTS) is 1. The largest absolute Gasteiger partial charge is 0.488 e. The van der Waals surface area contributed by atoms with Crippen LogP contribution in [-0.4, -0.2) is 21.0 Å². The highest BCUT2D eigenvalue weighted by Crippen LogP contribution is 2.35. The molecule has 0 spiro atoms. The number of hydrogen-bond acceptors (Lipinski definition) is 3. The first kappa shape index (κ1) is 17.5. The Hall–Kier alpha value is -3.86. The molecule has 3 aromatic carbocycles. The minimum absolute atomic E-state index is 0.222. The Morgan fingerprint density at radius 3 is 2.57 bits per heavy atom. The molecule has 0 radical (unpaired) electrons. The van der Waals surface area contributed by atoms with Crippen LogP contribution in [0.2, 0.25) is 0 Å². The summed E-state index contributed by atoms with van der Waals surface area (Å²) in [5, 5.41) is 9.27. The maximum Gasteiger partial charge on any atom is 0.335 e. The number of aromatic nitrogens is 2. The second-order valence-corrected chi connectivity index (χ2v) is 6.28. The van der Waals surface area contributed by atoms with Gasteiger partial charge in [0.05, 0.1) is 23.3 Å². The van der Waals surface area contributed by atoms with Gasteiger partial charge in [0.2, 0.25) is 0 Å². The molecular weight excluding hydrogens is 352 g/mol. The molecule has 1 aromatic heterocycles. The molecule has 0 unspecified atom stereocenters. The van der Waals surface area contributed by atoms with Crippen molar-refractivity contribution in [1.82, 2.24) is 9.97 Å². The van der Waals surface area contributed by atoms with E-state index in [1.807, 2.05) is 60.7 Å². The molecule has 1 heterocycles. The molecule has 28 heavy (non-hydrogen) atoms. The van der Waals surface area contributed by atoms with E-state index < -0.39 is 5.97 Å². The summed E-state index contributed by atoms with van der Waals surface area (Å²) in [6, 6.07) is 24.4. The van der Waals surface area contributed by atoms with Gasteiger partial charge in [0.15, 0.2) is 0 Å². The Bertz CT molecular complexity index is 1100. The van der Waals surface area contributed by atoms with Gasteiger partial charge < -0.3 is 14.8 Å². The molecule has 0 fully saturated rings. The quantitative estimate of drug-likeness (QED) is 0.500. The monoisotopic (exact) mass is 370 g/mol. The van der Waals surface area contributed by atoms with Gasteiger partial charge in [0, 0.05) is 11.1 Å². The second-order valence-electron chi connectivity index (χ2n) is 6.28. The maximum absolute atomic E-state index is 11.3. The zero-order valence-corrected chi connectivity index (χ0v) is 15.0. The maximum atomic E-state index is 11.3. The molecule has 0 aliphatic rings. The number of imidazole rings is 1. The first-order chi connectivity index (χ1) is 13.7. The van der Waals surface area contributed by atoms with E-state index in [-0.39, 0.29) is 5.56 Å². The molecular formula is C23H18N2O3. The minimum atomic E-state index is -0.967. The smallest absolute Gasteiger partial charge is 0.335 e. The molecule has 0 saturated carbocycles. The number of aromatic amines is 1. The van der Waals surface area contributed by atoms with Gasteiger partial charge >= 0.3 is 5.97 Å². The molecule has 0 aliphatic carbocycles. The molecule has 5 nitrogen and oxygen atoms in total. The molecule has 0 atom stereocenters. The van der Waals surface area contributed by atoms with E-state index in [2.05, 4.69) is 9.97 Å². The Labute approximate surface area is 162 Å². The van der Waals surface area contributed by atoms with Gasteiger partial charge in [0.1, 0.15) is 12.4 Å². The predicted octanol–water partition coefficient (Wildman–Crippen LogP) is 5.02. The van der Waals surface area contributed by atoms with E-state index in [0.717, 1.165) is 28.1 Å². The summed E-state index contributed by atoms with van der Waals surface area (Å²) in [5.74, 6) is -0.239. The first-order valence-electron chi connectivity index (χ1n) is 8.85. The lowest BCUT2D eigenvalue weighted by Crippen LogP contribution is -1.98. The number of rotatable bonds is 6. The summed E-state index contributed by atoms with van der Waals surface area (Å²) >= 11 is 0. The van der Waals surface area contributed by atoms with Crippen LogP contribution in [0.5, 0.6) is 5.75 Å². The highest BCUT2D eigenvalue weighted by molar-refractivity contribution is 5.90. The highest BCUT2D eigenvalue weighted by Gasteiger charge is 2.16. The van der Waals surface area contributed by atoms with E-state index in [1.165, 1.54) is 0 Å². The normalized spacial score (nSPS) is 10.6. The van der Waals surface area contributed by atoms with Crippen LogP contribution >= 0.6 is 0 Å². The molecule has 2 N–H and O–H groups in total. The van der Waals surface area contributed by atoms with Crippen molar-refractivity contribution in [2.24, 2.45) is 0 Å². The van der Waals surface area contributed by atoms with Crippen LogP contribution in [-0.2, 0) is 6.61 Å². The zero-order valence-electron chi connectivity index (χ0n) is 15.0. The van der Waals surface area contributed by atoms with Crippen LogP contribution in [0, 0.1) is 0 Å². The van der Waals surface area contributed by atoms with Gasteiger partial charge in [-0.05, 0) is 29.8 Å². The number of aromatic carboxylic acids is 1. The van der Waals surface area contributed by atoms with Crippen molar-refractivity contribution in [3.8, 4) is 28.3 Å². The molecule has 0 saturated heterocycles. The molecule has 138 valence electrons. The summed E-state index contributed by atoms with van der Waals surface area (Å²) < 4.78 is 6.06. The van der Waals surface area contributed by atoms with Gasteiger partial charge in [-0.25, -0.2) is 9.78 Å². The third-order valence-electron chi connectivity index (χ3n) is 4.42. The number of nitrogens with one attached hydrogen (secondary N) is 1. The fourth-order valence-electron chi connectivity index (χ4n) is 3.05. The number of nitrogens with zero attached hydrogens (tertiary/aromatic N) is 1. The van der Waals surface area contributed by atoms with Crippen LogP contribution in [0.15, 0.2) is 85.2 Å². The van der Waals surface area contributed by atoms with Crippen molar-refractivity contribution in [2.75, 3.05) is 0 Å². The van der Waals surface area contributed by atoms with E-state index in [0.29, 0.717) is 12.3 Å². The lowest BCUT2D eigenvalue weighted by Gasteiger charge is -2.12. The number of carboxylic acids is 1. The summed E-state index contributed by atoms with van der Waals surface area (Å²) in [4.78, 5) is 18.9. The van der Waals surface area contributed by atoms with Crippen molar-refractivity contribution in [3.05, 3.63) is 96.3 Å². The molecule has 0 aliphatic heterocycles. The number of benzene rings is 3. The lowest BCUT2D eigenvalue weighted by molar-refractivity contribution is 0.0697. The zero-order chi connectivity index (χ0) is 19.3. The minimum Gasteiger partial charge on any atom is -0.488 e. The standard InChI is InChI=1S/C23H18N2O3/c26-23(27)18-10-6-9-17(13-18)21-22(25-15-24-21)19-11-4-5-12-20(19)28-14-16-7-2-1-3-8-16/h1-13,15H,14H2,(H,24,25)(H,26,27). The van der Waals surface area contributed by atoms with Crippen LogP contribution in [0.4, 0.5) is 0 Å². The third kappa shape index (κ3) is 3.64. The molecule has 4 aromatic rings. The Balaban J connectivity index is 1.69. The topological polar surface area (TPSA) is 75.2 Å². The Morgan fingerprint density at radius 2 is 1.75 bits per heavy atom. The van der Waals surface area contributed by atoms with E-state index in [1.54, 1.807) is 24.5 Å². The number of carbonyl (C=O) groups is 1. The summed E-state index contributed by atoms with van der Waals surface area (Å²) in [6.07, 6.45) is 1.60. The van der Waals surface area contributed by atoms with Crippen LogP contribution in [0.3, 0.4) is 0 Å². The van der Waals surface area contributed by atoms with Gasteiger partial charge in [-0.3, -0.25) is 0 Å².